The smallest absolute Gasteiger partial charge is 0.339 e. The Morgan fingerprint density at radius 1 is 0.867 bits per heavy atom. The molecular weight excluding hydrogens is 388 g/mol. The molecule has 2 rings (SSSR count). The number of carbonyl (C=O) groups is 3. The van der Waals surface area contributed by atoms with Gasteiger partial charge in [0.2, 0.25) is 0 Å². The number of methoxy groups -OCH3 is 2. The van der Waals surface area contributed by atoms with E-state index in [1.807, 2.05) is 24.3 Å². The number of hydrogen-bond acceptors (Lipinski definition) is 6. The average molecular weight is 414 g/mol. The lowest BCUT2D eigenvalue weighted by atomic mass is 10.0. The van der Waals surface area contributed by atoms with Crippen LogP contribution in [0.25, 0.3) is 0 Å². The number of amides is 2. The number of rotatable bonds is 7. The van der Waals surface area contributed by atoms with Crippen LogP contribution in [-0.2, 0) is 9.47 Å². The highest BCUT2D eigenvalue weighted by Crippen LogP contribution is 2.21. The van der Waals surface area contributed by atoms with Crippen LogP contribution in [0, 0.1) is 0 Å². The molecule has 8 nitrogen and oxygen atoms in total. The fourth-order valence-electron chi connectivity index (χ4n) is 2.69. The summed E-state index contributed by atoms with van der Waals surface area (Å²) in [4.78, 5) is 36.1. The van der Waals surface area contributed by atoms with Crippen LogP contribution in [0.4, 0.5) is 10.5 Å². The van der Waals surface area contributed by atoms with E-state index in [-0.39, 0.29) is 16.8 Å². The Hall–Kier alpha value is -3.55. The third-order valence-electron chi connectivity index (χ3n) is 4.29. The normalized spacial score (nSPS) is 11.4. The van der Waals surface area contributed by atoms with Gasteiger partial charge in [-0.25, -0.2) is 14.4 Å². The first-order valence-corrected chi connectivity index (χ1v) is 9.40. The minimum Gasteiger partial charge on any atom is -0.471 e. The molecule has 30 heavy (non-hydrogen) atoms. The van der Waals surface area contributed by atoms with Crippen molar-refractivity contribution in [3.05, 3.63) is 59.2 Å². The molecule has 0 aliphatic carbocycles. The third kappa shape index (κ3) is 5.97. The lowest BCUT2D eigenvalue weighted by molar-refractivity contribution is 0.0587. The van der Waals surface area contributed by atoms with Gasteiger partial charge in [0.05, 0.1) is 31.0 Å². The van der Waals surface area contributed by atoms with Gasteiger partial charge < -0.3 is 24.8 Å². The quantitative estimate of drug-likeness (QED) is 0.526. The zero-order valence-electron chi connectivity index (χ0n) is 17.6. The highest BCUT2D eigenvalue weighted by Gasteiger charge is 2.18. The first-order chi connectivity index (χ1) is 14.2. The highest BCUT2D eigenvalue weighted by molar-refractivity contribution is 6.03. The van der Waals surface area contributed by atoms with E-state index in [2.05, 4.69) is 29.2 Å². The fraction of sp³-hybridized carbons (Fsp3) is 0.318. The summed E-state index contributed by atoms with van der Waals surface area (Å²) in [6.45, 7) is 5.87. The van der Waals surface area contributed by atoms with Crippen molar-refractivity contribution in [3.63, 3.8) is 0 Å². The molecule has 2 aromatic carbocycles. The molecule has 0 aromatic heterocycles. The molecule has 2 amide bonds. The molecule has 2 aromatic rings. The van der Waals surface area contributed by atoms with E-state index in [1.54, 1.807) is 6.92 Å². The summed E-state index contributed by atoms with van der Waals surface area (Å²) in [6.07, 6.45) is -0.653. The van der Waals surface area contributed by atoms with Crippen molar-refractivity contribution >= 4 is 23.7 Å². The molecule has 0 aliphatic rings. The van der Waals surface area contributed by atoms with Gasteiger partial charge in [-0.15, -0.1) is 0 Å². The molecule has 1 unspecified atom stereocenters. The van der Waals surface area contributed by atoms with E-state index in [0.29, 0.717) is 11.7 Å². The van der Waals surface area contributed by atoms with E-state index in [0.717, 1.165) is 0 Å². The Morgan fingerprint density at radius 2 is 1.50 bits per heavy atom. The zero-order chi connectivity index (χ0) is 22.3. The van der Waals surface area contributed by atoms with Crippen molar-refractivity contribution in [2.24, 2.45) is 0 Å². The van der Waals surface area contributed by atoms with Crippen LogP contribution in [-0.4, -0.2) is 38.4 Å². The Kier molecular flexibility index (Phi) is 7.80. The van der Waals surface area contributed by atoms with Gasteiger partial charge in [0.1, 0.15) is 5.75 Å². The first-order valence-electron chi connectivity index (χ1n) is 9.40. The van der Waals surface area contributed by atoms with E-state index in [9.17, 15) is 14.4 Å². The van der Waals surface area contributed by atoms with Crippen molar-refractivity contribution in [2.75, 3.05) is 19.5 Å². The summed E-state index contributed by atoms with van der Waals surface area (Å²) in [6, 6.07) is 11.1. The number of carbonyl (C=O) groups excluding carboxylic acids is 3. The van der Waals surface area contributed by atoms with Gasteiger partial charge in [0.15, 0.2) is 6.23 Å². The molecular formula is C22H26N2O6. The van der Waals surface area contributed by atoms with Gasteiger partial charge in [-0.3, -0.25) is 0 Å². The monoisotopic (exact) mass is 414 g/mol. The maximum absolute atomic E-state index is 12.4. The van der Waals surface area contributed by atoms with Gasteiger partial charge in [0, 0.05) is 0 Å². The maximum Gasteiger partial charge on any atom is 0.339 e. The van der Waals surface area contributed by atoms with Crippen molar-refractivity contribution in [1.29, 1.82) is 0 Å². The van der Waals surface area contributed by atoms with Crippen molar-refractivity contribution in [3.8, 4) is 5.75 Å². The predicted octanol–water partition coefficient (Wildman–Crippen LogP) is 3.93. The van der Waals surface area contributed by atoms with Crippen molar-refractivity contribution in [1.82, 2.24) is 5.32 Å². The Bertz CT molecular complexity index is 908. The number of hydrogen-bond donors (Lipinski definition) is 2. The molecule has 8 heteroatoms. The summed E-state index contributed by atoms with van der Waals surface area (Å²) in [5.41, 5.74) is 1.56. The molecule has 2 N–H and O–H groups in total. The largest absolute Gasteiger partial charge is 0.471 e. The summed E-state index contributed by atoms with van der Waals surface area (Å²) in [5.74, 6) is -0.243. The standard InChI is InChI=1S/C22H26N2O6/c1-13(2)15-6-9-17(10-7-15)30-14(3)23-22(27)24-19-12-16(20(25)28-4)8-11-18(19)21(26)29-5/h6-14H,1-5H3,(H2,23,24,27). The second-order valence-corrected chi connectivity index (χ2v) is 6.83. The minimum atomic E-state index is -0.656. The molecule has 0 spiro atoms. The number of esters is 2. The molecule has 0 aliphatic heterocycles. The van der Waals surface area contributed by atoms with Crippen LogP contribution in [0.15, 0.2) is 42.5 Å². The third-order valence-corrected chi connectivity index (χ3v) is 4.29. The first kappa shape index (κ1) is 22.7. The van der Waals surface area contributed by atoms with Crippen LogP contribution in [0.5, 0.6) is 5.75 Å². The number of anilines is 1. The molecule has 0 bridgehead atoms. The number of benzene rings is 2. The van der Waals surface area contributed by atoms with Crippen LogP contribution in [0.2, 0.25) is 0 Å². The Labute approximate surface area is 175 Å². The Morgan fingerprint density at radius 3 is 2.07 bits per heavy atom. The van der Waals surface area contributed by atoms with Gasteiger partial charge >= 0.3 is 18.0 Å². The fourth-order valence-corrected chi connectivity index (χ4v) is 2.69. The van der Waals surface area contributed by atoms with E-state index in [1.165, 1.54) is 38.0 Å². The predicted molar refractivity (Wildman–Crippen MR) is 112 cm³/mol. The molecule has 1 atom stereocenters. The summed E-state index contributed by atoms with van der Waals surface area (Å²) in [5, 5.41) is 5.17. The second kappa shape index (κ2) is 10.3. The molecule has 0 radical (unpaired) electrons. The number of nitrogens with one attached hydrogen (secondary N) is 2. The van der Waals surface area contributed by atoms with Crippen LogP contribution < -0.4 is 15.4 Å². The molecule has 160 valence electrons. The maximum atomic E-state index is 12.4. The van der Waals surface area contributed by atoms with Crippen LogP contribution >= 0.6 is 0 Å². The van der Waals surface area contributed by atoms with Crippen LogP contribution in [0.3, 0.4) is 0 Å². The van der Waals surface area contributed by atoms with Gasteiger partial charge in [-0.05, 0) is 48.7 Å². The van der Waals surface area contributed by atoms with Gasteiger partial charge in [-0.2, -0.15) is 0 Å². The summed E-state index contributed by atoms with van der Waals surface area (Å²) >= 11 is 0. The van der Waals surface area contributed by atoms with E-state index in [4.69, 9.17) is 9.47 Å². The van der Waals surface area contributed by atoms with Crippen molar-refractivity contribution in [2.45, 2.75) is 32.9 Å². The zero-order valence-corrected chi connectivity index (χ0v) is 17.6. The van der Waals surface area contributed by atoms with Gasteiger partial charge in [-0.1, -0.05) is 26.0 Å². The SMILES string of the molecule is COC(=O)c1ccc(C(=O)OC)c(NC(=O)NC(C)Oc2ccc(C(C)C)cc2)c1. The molecule has 0 saturated carbocycles. The second-order valence-electron chi connectivity index (χ2n) is 6.83. The lowest BCUT2D eigenvalue weighted by Crippen LogP contribution is -2.39. The molecule has 0 saturated heterocycles. The topological polar surface area (TPSA) is 103 Å². The summed E-state index contributed by atoms with van der Waals surface area (Å²) in [7, 11) is 2.46. The lowest BCUT2D eigenvalue weighted by Gasteiger charge is -2.18. The van der Waals surface area contributed by atoms with Crippen LogP contribution in [0.1, 0.15) is 53.0 Å². The summed E-state index contributed by atoms with van der Waals surface area (Å²) < 4.78 is 15.1. The van der Waals surface area contributed by atoms with Crippen molar-refractivity contribution < 1.29 is 28.6 Å². The molecule has 0 fully saturated rings. The highest BCUT2D eigenvalue weighted by atomic mass is 16.5. The van der Waals surface area contributed by atoms with Gasteiger partial charge in [0.25, 0.3) is 0 Å². The van der Waals surface area contributed by atoms with E-state index < -0.39 is 24.2 Å². The number of ether oxygens (including phenoxy) is 3. The average Bonchev–Trinajstić information content (AvgIpc) is 2.72. The minimum absolute atomic E-state index is 0.0955. The molecule has 0 heterocycles. The Balaban J connectivity index is 2.08. The van der Waals surface area contributed by atoms with E-state index >= 15 is 0 Å². The number of urea groups is 1.